The molecule has 0 aliphatic heterocycles. The highest BCUT2D eigenvalue weighted by Crippen LogP contribution is 2.41. The van der Waals surface area contributed by atoms with E-state index in [1.54, 1.807) is 0 Å². The van der Waals surface area contributed by atoms with Crippen molar-refractivity contribution in [2.75, 3.05) is 0 Å². The first-order valence-electron chi connectivity index (χ1n) is 18.3. The van der Waals surface area contributed by atoms with E-state index in [2.05, 4.69) is 171 Å². The third-order valence-electron chi connectivity index (χ3n) is 11.1. The quantitative estimate of drug-likeness (QED) is 0.184. The first-order chi connectivity index (χ1) is 27.2. The molecule has 0 saturated heterocycles. The van der Waals surface area contributed by atoms with Crippen LogP contribution in [0.1, 0.15) is 11.1 Å². The molecule has 0 N–H and O–H groups in total. The highest BCUT2D eigenvalue weighted by Gasteiger charge is 2.21. The lowest BCUT2D eigenvalue weighted by Gasteiger charge is -2.16. The summed E-state index contributed by atoms with van der Waals surface area (Å²) in [5.41, 5.74) is 12.7. The molecular formula is C50H29N5. The average molecular weight is 700 g/mol. The second-order valence-corrected chi connectivity index (χ2v) is 14.0. The molecule has 0 bridgehead atoms. The minimum Gasteiger partial charge on any atom is -0.309 e. The molecular weight excluding hydrogens is 671 g/mol. The van der Waals surface area contributed by atoms with Crippen LogP contribution >= 0.6 is 0 Å². The van der Waals surface area contributed by atoms with Gasteiger partial charge in [-0.15, -0.1) is 0 Å². The lowest BCUT2D eigenvalue weighted by atomic mass is 10.0. The van der Waals surface area contributed by atoms with Gasteiger partial charge in [0, 0.05) is 43.7 Å². The van der Waals surface area contributed by atoms with E-state index < -0.39 is 0 Å². The fraction of sp³-hybridized carbons (Fsp3) is 0. The zero-order chi connectivity index (χ0) is 36.6. The van der Waals surface area contributed by atoms with Crippen molar-refractivity contribution in [3.05, 3.63) is 187 Å². The average Bonchev–Trinajstić information content (AvgIpc) is 3.89. The molecule has 3 aromatic heterocycles. The number of para-hydroxylation sites is 5. The Kier molecular flexibility index (Phi) is 6.61. The van der Waals surface area contributed by atoms with E-state index in [9.17, 15) is 10.5 Å². The van der Waals surface area contributed by atoms with Gasteiger partial charge < -0.3 is 13.7 Å². The van der Waals surface area contributed by atoms with Gasteiger partial charge in [0.15, 0.2) is 0 Å². The van der Waals surface area contributed by atoms with E-state index in [0.717, 1.165) is 71.8 Å². The van der Waals surface area contributed by atoms with Gasteiger partial charge in [-0.3, -0.25) is 0 Å². The molecule has 11 rings (SSSR count). The van der Waals surface area contributed by atoms with Gasteiger partial charge in [-0.25, -0.2) is 0 Å². The predicted octanol–water partition coefficient (Wildman–Crippen LogP) is 12.4. The van der Waals surface area contributed by atoms with Crippen LogP contribution in [-0.2, 0) is 0 Å². The van der Waals surface area contributed by atoms with E-state index in [1.165, 1.54) is 21.8 Å². The Morgan fingerprint density at radius 1 is 0.327 bits per heavy atom. The fourth-order valence-corrected chi connectivity index (χ4v) is 8.73. The fourth-order valence-electron chi connectivity index (χ4n) is 8.73. The molecule has 0 spiro atoms. The number of benzene rings is 8. The number of hydrogen-bond donors (Lipinski definition) is 0. The Morgan fingerprint density at radius 2 is 0.855 bits per heavy atom. The zero-order valence-corrected chi connectivity index (χ0v) is 29.5. The number of nitrogens with zero attached hydrogens (tertiary/aromatic N) is 5. The van der Waals surface area contributed by atoms with Crippen molar-refractivity contribution in [2.45, 2.75) is 0 Å². The molecule has 8 aromatic carbocycles. The van der Waals surface area contributed by atoms with E-state index in [0.29, 0.717) is 11.1 Å². The molecule has 0 atom stereocenters. The Labute approximate surface area is 316 Å². The van der Waals surface area contributed by atoms with Crippen LogP contribution < -0.4 is 0 Å². The van der Waals surface area contributed by atoms with Crippen molar-refractivity contribution < 1.29 is 0 Å². The summed E-state index contributed by atoms with van der Waals surface area (Å²) in [4.78, 5) is 0. The van der Waals surface area contributed by atoms with Crippen molar-refractivity contribution in [3.8, 4) is 40.3 Å². The van der Waals surface area contributed by atoms with Crippen LogP contribution in [0.25, 0.3) is 93.6 Å². The summed E-state index contributed by atoms with van der Waals surface area (Å²) in [6.45, 7) is 0. The summed E-state index contributed by atoms with van der Waals surface area (Å²) in [6.07, 6.45) is 0. The van der Waals surface area contributed by atoms with Crippen LogP contribution in [0.5, 0.6) is 0 Å². The summed E-state index contributed by atoms with van der Waals surface area (Å²) >= 11 is 0. The van der Waals surface area contributed by atoms with Crippen molar-refractivity contribution in [3.63, 3.8) is 0 Å². The van der Waals surface area contributed by atoms with Gasteiger partial charge in [-0.2, -0.15) is 10.5 Å². The maximum atomic E-state index is 10.4. The topological polar surface area (TPSA) is 62.4 Å². The standard InChI is InChI=1S/C50H29N5/c51-30-32-20-25-48-43(28-32)41-13-4-8-18-47(41)55(48)49-19-9-14-42-40-12-3-7-17-46(40)54(50(42)49)37-27-33(31-52)26-35(29-37)34-21-23-36(24-22-34)53-44-15-5-1-10-38(44)39-11-2-6-16-45(39)53/h1-29H. The molecule has 3 heterocycles. The summed E-state index contributed by atoms with van der Waals surface area (Å²) in [5, 5.41) is 27.0. The first-order valence-corrected chi connectivity index (χ1v) is 18.3. The molecule has 0 radical (unpaired) electrons. The minimum absolute atomic E-state index is 0.586. The van der Waals surface area contributed by atoms with Gasteiger partial charge in [-0.1, -0.05) is 97.1 Å². The van der Waals surface area contributed by atoms with E-state index in [1.807, 2.05) is 30.3 Å². The third kappa shape index (κ3) is 4.51. The largest absolute Gasteiger partial charge is 0.309 e. The molecule has 254 valence electrons. The second-order valence-electron chi connectivity index (χ2n) is 14.0. The van der Waals surface area contributed by atoms with E-state index in [-0.39, 0.29) is 0 Å². The molecule has 5 nitrogen and oxygen atoms in total. The number of rotatable bonds is 4. The number of nitriles is 2. The summed E-state index contributed by atoms with van der Waals surface area (Å²) < 4.78 is 6.94. The lowest BCUT2D eigenvalue weighted by molar-refractivity contribution is 1.13. The Morgan fingerprint density at radius 3 is 1.49 bits per heavy atom. The van der Waals surface area contributed by atoms with Crippen LogP contribution in [0.2, 0.25) is 0 Å². The van der Waals surface area contributed by atoms with Crippen molar-refractivity contribution in [1.82, 2.24) is 13.7 Å². The maximum Gasteiger partial charge on any atom is 0.0992 e. The molecule has 55 heavy (non-hydrogen) atoms. The lowest BCUT2D eigenvalue weighted by Crippen LogP contribution is -2.01. The molecule has 0 fully saturated rings. The summed E-state index contributed by atoms with van der Waals surface area (Å²) in [6, 6.07) is 66.0. The minimum atomic E-state index is 0.586. The summed E-state index contributed by atoms with van der Waals surface area (Å²) in [7, 11) is 0. The van der Waals surface area contributed by atoms with Crippen LogP contribution in [0.15, 0.2) is 176 Å². The molecule has 5 heteroatoms. The monoisotopic (exact) mass is 699 g/mol. The van der Waals surface area contributed by atoms with Gasteiger partial charge in [0.05, 0.1) is 62.1 Å². The summed E-state index contributed by atoms with van der Waals surface area (Å²) in [5.74, 6) is 0. The van der Waals surface area contributed by atoms with Gasteiger partial charge in [-0.05, 0) is 90.0 Å². The van der Waals surface area contributed by atoms with Gasteiger partial charge in [0.2, 0.25) is 0 Å². The van der Waals surface area contributed by atoms with Gasteiger partial charge in [0.1, 0.15) is 0 Å². The van der Waals surface area contributed by atoms with Crippen LogP contribution in [0, 0.1) is 22.7 Å². The maximum absolute atomic E-state index is 10.4. The normalized spacial score (nSPS) is 11.6. The van der Waals surface area contributed by atoms with Gasteiger partial charge in [0.25, 0.3) is 0 Å². The van der Waals surface area contributed by atoms with Crippen LogP contribution in [0.3, 0.4) is 0 Å². The van der Waals surface area contributed by atoms with Crippen LogP contribution in [0.4, 0.5) is 0 Å². The zero-order valence-electron chi connectivity index (χ0n) is 29.5. The van der Waals surface area contributed by atoms with Gasteiger partial charge >= 0.3 is 0 Å². The Balaban J connectivity index is 1.13. The third-order valence-corrected chi connectivity index (χ3v) is 11.1. The van der Waals surface area contributed by atoms with Crippen LogP contribution in [-0.4, -0.2) is 13.7 Å². The first kappa shape index (κ1) is 30.7. The Hall–Kier alpha value is -7.86. The number of aromatic nitrogens is 3. The second kappa shape index (κ2) is 11.8. The molecule has 0 saturated carbocycles. The molecule has 0 aliphatic carbocycles. The van der Waals surface area contributed by atoms with Crippen molar-refractivity contribution in [1.29, 1.82) is 10.5 Å². The van der Waals surface area contributed by atoms with E-state index in [4.69, 9.17) is 0 Å². The smallest absolute Gasteiger partial charge is 0.0992 e. The molecule has 0 aliphatic rings. The van der Waals surface area contributed by atoms with E-state index >= 15 is 0 Å². The molecule has 0 amide bonds. The molecule has 0 unspecified atom stereocenters. The number of fused-ring (bicyclic) bond motifs is 9. The molecule has 11 aromatic rings. The SMILES string of the molecule is N#Cc1cc(-c2ccc(-n3c4ccccc4c4ccccc43)cc2)cc(-n2c3ccccc3c3cccc(-n4c5ccccc5c5cc(C#N)ccc54)c32)c1. The highest BCUT2D eigenvalue weighted by atomic mass is 15.1. The van der Waals surface area contributed by atoms with Crippen molar-refractivity contribution in [2.24, 2.45) is 0 Å². The predicted molar refractivity (Wildman–Crippen MR) is 224 cm³/mol. The number of hydrogen-bond acceptors (Lipinski definition) is 2. The van der Waals surface area contributed by atoms with Crippen molar-refractivity contribution >= 4 is 65.4 Å². The Bertz CT molecular complexity index is 3400. The highest BCUT2D eigenvalue weighted by molar-refractivity contribution is 6.15.